The molecule has 1 unspecified atom stereocenters. The van der Waals surface area contributed by atoms with Crippen LogP contribution < -0.4 is 10.6 Å². The normalized spacial score (nSPS) is 18.3. The fourth-order valence-electron chi connectivity index (χ4n) is 3.14. The van der Waals surface area contributed by atoms with E-state index < -0.39 is 11.4 Å². The molecule has 1 aliphatic rings. The van der Waals surface area contributed by atoms with Crippen LogP contribution in [0.15, 0.2) is 48.6 Å². The molecule has 0 saturated heterocycles. The lowest BCUT2D eigenvalue weighted by Gasteiger charge is -2.30. The van der Waals surface area contributed by atoms with Crippen molar-refractivity contribution in [1.82, 2.24) is 20.6 Å². The van der Waals surface area contributed by atoms with Crippen LogP contribution >= 0.6 is 0 Å². The number of amides is 3. The van der Waals surface area contributed by atoms with E-state index in [1.165, 1.54) is 0 Å². The molecule has 1 aromatic rings. The van der Waals surface area contributed by atoms with Crippen LogP contribution in [-0.2, 0) is 4.79 Å². The second-order valence-electron chi connectivity index (χ2n) is 7.49. The topological polar surface area (TPSA) is 84.9 Å². The van der Waals surface area contributed by atoms with E-state index in [9.17, 15) is 14.8 Å². The SMILES string of the molecule is CCC1(C(=O)NCCN(O)C(=O)NCCN(C)C)C=CC(c2ccccc2)=CC1. The van der Waals surface area contributed by atoms with E-state index in [2.05, 4.69) is 28.8 Å². The van der Waals surface area contributed by atoms with Crippen molar-refractivity contribution >= 4 is 17.5 Å². The molecule has 0 radical (unpaired) electrons. The Labute approximate surface area is 173 Å². The smallest absolute Gasteiger partial charge is 0.341 e. The van der Waals surface area contributed by atoms with Gasteiger partial charge in [0.1, 0.15) is 0 Å². The summed E-state index contributed by atoms with van der Waals surface area (Å²) in [5, 5.41) is 15.9. The summed E-state index contributed by atoms with van der Waals surface area (Å²) in [7, 11) is 3.80. The van der Waals surface area contributed by atoms with Crippen LogP contribution in [0.2, 0.25) is 0 Å². The summed E-state index contributed by atoms with van der Waals surface area (Å²) in [5.41, 5.74) is 1.63. The van der Waals surface area contributed by atoms with Crippen LogP contribution in [0, 0.1) is 5.41 Å². The highest BCUT2D eigenvalue weighted by atomic mass is 16.5. The molecule has 0 aliphatic heterocycles. The Bertz CT molecular complexity index is 746. The van der Waals surface area contributed by atoms with E-state index >= 15 is 0 Å². The predicted octanol–water partition coefficient (Wildman–Crippen LogP) is 2.50. The number of urea groups is 1. The van der Waals surface area contributed by atoms with E-state index in [4.69, 9.17) is 0 Å². The van der Waals surface area contributed by atoms with E-state index in [0.29, 0.717) is 31.0 Å². The molecule has 7 heteroatoms. The minimum absolute atomic E-state index is 0.0220. The molecule has 158 valence electrons. The van der Waals surface area contributed by atoms with Crippen molar-refractivity contribution < 1.29 is 14.8 Å². The van der Waals surface area contributed by atoms with Crippen molar-refractivity contribution in [3.05, 3.63) is 54.1 Å². The van der Waals surface area contributed by atoms with Crippen LogP contribution in [0.4, 0.5) is 4.79 Å². The van der Waals surface area contributed by atoms with Crippen molar-refractivity contribution in [2.24, 2.45) is 5.41 Å². The third-order valence-electron chi connectivity index (χ3n) is 5.14. The number of carbonyl (C=O) groups is 2. The number of nitrogens with zero attached hydrogens (tertiary/aromatic N) is 2. The summed E-state index contributed by atoms with van der Waals surface area (Å²) in [4.78, 5) is 26.5. The van der Waals surface area contributed by atoms with Crippen molar-refractivity contribution in [2.75, 3.05) is 40.3 Å². The van der Waals surface area contributed by atoms with Crippen molar-refractivity contribution in [3.63, 3.8) is 0 Å². The number of hydrogen-bond donors (Lipinski definition) is 3. The molecule has 1 aliphatic carbocycles. The Kier molecular flexibility index (Phi) is 8.42. The number of hydroxylamine groups is 2. The number of likely N-dealkylation sites (N-methyl/N-ethyl adjacent to an activating group) is 1. The van der Waals surface area contributed by atoms with Gasteiger partial charge in [-0.3, -0.25) is 10.0 Å². The maximum absolute atomic E-state index is 12.8. The Morgan fingerprint density at radius 2 is 1.79 bits per heavy atom. The fraction of sp³-hybridized carbons (Fsp3) is 0.455. The monoisotopic (exact) mass is 400 g/mol. The Balaban J connectivity index is 1.82. The number of benzene rings is 1. The summed E-state index contributed by atoms with van der Waals surface area (Å²) in [6.07, 6.45) is 7.34. The van der Waals surface area contributed by atoms with Gasteiger partial charge in [0.2, 0.25) is 5.91 Å². The third kappa shape index (κ3) is 6.44. The highest BCUT2D eigenvalue weighted by molar-refractivity contribution is 5.88. The largest absolute Gasteiger partial charge is 0.353 e. The van der Waals surface area contributed by atoms with Crippen molar-refractivity contribution in [1.29, 1.82) is 0 Å². The maximum atomic E-state index is 12.8. The van der Waals surface area contributed by atoms with E-state index in [1.54, 1.807) is 0 Å². The number of nitrogens with one attached hydrogen (secondary N) is 2. The van der Waals surface area contributed by atoms with Gasteiger partial charge in [-0.2, -0.15) is 0 Å². The molecule has 2 rings (SSSR count). The Hall–Kier alpha value is -2.64. The standard InChI is InChI=1S/C22H32N4O3/c1-4-22(12-10-19(11-13-22)18-8-6-5-7-9-18)20(27)23-15-17-26(29)21(28)24-14-16-25(2)3/h5-12,29H,4,13-17H2,1-3H3,(H,23,27)(H,24,28). The van der Waals surface area contributed by atoms with Gasteiger partial charge in [-0.05, 0) is 38.1 Å². The zero-order valence-corrected chi connectivity index (χ0v) is 17.5. The van der Waals surface area contributed by atoms with Gasteiger partial charge in [-0.1, -0.05) is 55.5 Å². The third-order valence-corrected chi connectivity index (χ3v) is 5.14. The number of hydrogen-bond acceptors (Lipinski definition) is 4. The lowest BCUT2D eigenvalue weighted by molar-refractivity contribution is -0.129. The van der Waals surface area contributed by atoms with Gasteiger partial charge in [0.25, 0.3) is 0 Å². The second-order valence-corrected chi connectivity index (χ2v) is 7.49. The first-order valence-electron chi connectivity index (χ1n) is 10.00. The van der Waals surface area contributed by atoms with Gasteiger partial charge in [-0.25, -0.2) is 9.86 Å². The Morgan fingerprint density at radius 3 is 2.38 bits per heavy atom. The molecule has 3 N–H and O–H groups in total. The van der Waals surface area contributed by atoms with Gasteiger partial charge >= 0.3 is 6.03 Å². The lowest BCUT2D eigenvalue weighted by atomic mass is 9.76. The summed E-state index contributed by atoms with van der Waals surface area (Å²) >= 11 is 0. The van der Waals surface area contributed by atoms with E-state index in [1.807, 2.05) is 56.3 Å². The van der Waals surface area contributed by atoms with Crippen molar-refractivity contribution in [3.8, 4) is 0 Å². The van der Waals surface area contributed by atoms with Crippen LogP contribution in [0.1, 0.15) is 25.3 Å². The molecule has 1 aromatic carbocycles. The summed E-state index contributed by atoms with van der Waals surface area (Å²) in [6, 6.07) is 9.50. The van der Waals surface area contributed by atoms with Crippen LogP contribution in [0.25, 0.3) is 5.57 Å². The average molecular weight is 401 g/mol. The Morgan fingerprint density at radius 1 is 1.10 bits per heavy atom. The zero-order valence-electron chi connectivity index (χ0n) is 17.5. The van der Waals surface area contributed by atoms with Crippen molar-refractivity contribution in [2.45, 2.75) is 19.8 Å². The summed E-state index contributed by atoms with van der Waals surface area (Å²) < 4.78 is 0. The summed E-state index contributed by atoms with van der Waals surface area (Å²) in [5.74, 6) is -0.0963. The molecule has 0 heterocycles. The molecule has 0 saturated carbocycles. The molecule has 0 fully saturated rings. The van der Waals surface area contributed by atoms with E-state index in [0.717, 1.165) is 11.1 Å². The molecule has 0 bridgehead atoms. The predicted molar refractivity (Wildman–Crippen MR) is 114 cm³/mol. The first-order chi connectivity index (χ1) is 13.9. The molecule has 7 nitrogen and oxygen atoms in total. The number of carbonyl (C=O) groups excluding carboxylic acids is 2. The number of rotatable bonds is 9. The van der Waals surface area contributed by atoms with Crippen LogP contribution in [0.3, 0.4) is 0 Å². The van der Waals surface area contributed by atoms with Gasteiger partial charge in [0, 0.05) is 19.6 Å². The first kappa shape index (κ1) is 22.6. The zero-order chi connectivity index (χ0) is 21.3. The van der Waals surface area contributed by atoms with Gasteiger partial charge < -0.3 is 15.5 Å². The molecule has 0 spiro atoms. The maximum Gasteiger partial charge on any atom is 0.341 e. The molecular formula is C22H32N4O3. The molecule has 0 aromatic heterocycles. The highest BCUT2D eigenvalue weighted by Crippen LogP contribution is 2.36. The fourth-order valence-corrected chi connectivity index (χ4v) is 3.14. The van der Waals surface area contributed by atoms with Crippen LogP contribution in [-0.4, -0.2) is 67.4 Å². The second kappa shape index (κ2) is 10.8. The molecule has 3 amide bonds. The molecule has 1 atom stereocenters. The number of allylic oxidation sites excluding steroid dienone is 3. The quantitative estimate of drug-likeness (QED) is 0.439. The minimum Gasteiger partial charge on any atom is -0.353 e. The molecular weight excluding hydrogens is 368 g/mol. The first-order valence-corrected chi connectivity index (χ1v) is 10.00. The van der Waals surface area contributed by atoms with Gasteiger partial charge in [-0.15, -0.1) is 0 Å². The van der Waals surface area contributed by atoms with Gasteiger partial charge in [0.15, 0.2) is 0 Å². The van der Waals surface area contributed by atoms with Gasteiger partial charge in [0.05, 0.1) is 12.0 Å². The lowest BCUT2D eigenvalue weighted by Crippen LogP contribution is -2.46. The molecule has 29 heavy (non-hydrogen) atoms. The summed E-state index contributed by atoms with van der Waals surface area (Å²) in [6.45, 7) is 3.31. The van der Waals surface area contributed by atoms with E-state index in [-0.39, 0.29) is 19.0 Å². The average Bonchev–Trinajstić information content (AvgIpc) is 2.73. The minimum atomic E-state index is -0.605. The van der Waals surface area contributed by atoms with Crippen LogP contribution in [0.5, 0.6) is 0 Å². The highest BCUT2D eigenvalue weighted by Gasteiger charge is 2.34.